The van der Waals surface area contributed by atoms with Crippen LogP contribution in [0.25, 0.3) is 0 Å². The first kappa shape index (κ1) is 24.4. The average molecular weight is 430 g/mol. The highest BCUT2D eigenvalue weighted by Crippen LogP contribution is 2.29. The van der Waals surface area contributed by atoms with E-state index in [1.807, 2.05) is 14.0 Å². The first-order valence-electron chi connectivity index (χ1n) is 10.4. The number of nitrogens with zero attached hydrogens (tertiary/aromatic N) is 3. The molecule has 1 saturated heterocycles. The summed E-state index contributed by atoms with van der Waals surface area (Å²) in [5.41, 5.74) is 0.287. The maximum absolute atomic E-state index is 12.7. The van der Waals surface area contributed by atoms with E-state index in [-0.39, 0.29) is 6.04 Å². The summed E-state index contributed by atoms with van der Waals surface area (Å²) in [6.07, 6.45) is -3.32. The quantitative estimate of drug-likeness (QED) is 0.442. The average Bonchev–Trinajstić information content (AvgIpc) is 3.13. The molecule has 6 nitrogen and oxygen atoms in total. The highest BCUT2D eigenvalue weighted by Gasteiger charge is 2.30. The summed E-state index contributed by atoms with van der Waals surface area (Å²) in [6, 6.07) is 5.70. The molecule has 0 radical (unpaired) electrons. The fraction of sp³-hybridized carbons (Fsp3) is 0.667. The van der Waals surface area contributed by atoms with Crippen molar-refractivity contribution in [3.8, 4) is 0 Å². The lowest BCUT2D eigenvalue weighted by Gasteiger charge is -2.20. The molecule has 0 spiro atoms. The fourth-order valence-corrected chi connectivity index (χ4v) is 3.36. The van der Waals surface area contributed by atoms with Crippen LogP contribution in [0.5, 0.6) is 0 Å². The van der Waals surface area contributed by atoms with Gasteiger partial charge in [0, 0.05) is 52.4 Å². The summed E-state index contributed by atoms with van der Waals surface area (Å²) in [5, 5.41) is 6.77. The van der Waals surface area contributed by atoms with Gasteiger partial charge in [-0.2, -0.15) is 13.2 Å². The predicted octanol–water partition coefficient (Wildman–Crippen LogP) is 2.41. The van der Waals surface area contributed by atoms with E-state index in [9.17, 15) is 13.2 Å². The van der Waals surface area contributed by atoms with Crippen LogP contribution in [0.4, 0.5) is 13.2 Å². The number of hydrogen-bond acceptors (Lipinski definition) is 4. The molecule has 1 fully saturated rings. The second kappa shape index (κ2) is 12.1. The number of rotatable bonds is 10. The van der Waals surface area contributed by atoms with Gasteiger partial charge in [0.15, 0.2) is 5.96 Å². The first-order valence-corrected chi connectivity index (χ1v) is 10.4. The van der Waals surface area contributed by atoms with Crippen molar-refractivity contribution >= 4 is 5.96 Å². The van der Waals surface area contributed by atoms with Crippen LogP contribution in [-0.2, 0) is 17.5 Å². The maximum atomic E-state index is 12.7. The van der Waals surface area contributed by atoms with Crippen LogP contribution in [0, 0.1) is 0 Å². The summed E-state index contributed by atoms with van der Waals surface area (Å²) < 4.78 is 43.2. The van der Waals surface area contributed by atoms with Crippen molar-refractivity contribution in [1.29, 1.82) is 0 Å². The van der Waals surface area contributed by atoms with Crippen molar-refractivity contribution in [2.24, 2.45) is 4.99 Å². The van der Waals surface area contributed by atoms with E-state index in [4.69, 9.17) is 4.74 Å². The van der Waals surface area contributed by atoms with E-state index in [0.717, 1.165) is 62.8 Å². The second-order valence-corrected chi connectivity index (χ2v) is 7.62. The summed E-state index contributed by atoms with van der Waals surface area (Å²) >= 11 is 0. The van der Waals surface area contributed by atoms with Crippen molar-refractivity contribution in [1.82, 2.24) is 20.4 Å². The highest BCUT2D eigenvalue weighted by molar-refractivity contribution is 5.80. The van der Waals surface area contributed by atoms with Crippen LogP contribution in [0.15, 0.2) is 29.3 Å². The molecule has 0 aliphatic carbocycles. The van der Waals surface area contributed by atoms with Gasteiger partial charge in [0.25, 0.3) is 0 Å². The lowest BCUT2D eigenvalue weighted by Crippen LogP contribution is -2.45. The van der Waals surface area contributed by atoms with Gasteiger partial charge in [-0.3, -0.25) is 9.89 Å². The van der Waals surface area contributed by atoms with E-state index in [1.165, 1.54) is 0 Å². The minimum atomic E-state index is -4.29. The summed E-state index contributed by atoms with van der Waals surface area (Å²) in [4.78, 5) is 9.08. The molecule has 9 heteroatoms. The molecular formula is C21H34F3N5O. The molecule has 2 N–H and O–H groups in total. The number of nitrogens with one attached hydrogen (secondary N) is 2. The molecular weight excluding hydrogens is 395 g/mol. The monoisotopic (exact) mass is 429 g/mol. The van der Waals surface area contributed by atoms with E-state index in [0.29, 0.717) is 19.7 Å². The summed E-state index contributed by atoms with van der Waals surface area (Å²) in [7, 11) is 3.74. The topological polar surface area (TPSA) is 52.1 Å². The van der Waals surface area contributed by atoms with Gasteiger partial charge in [-0.1, -0.05) is 12.1 Å². The van der Waals surface area contributed by atoms with E-state index in [1.54, 1.807) is 19.2 Å². The van der Waals surface area contributed by atoms with E-state index in [2.05, 4.69) is 25.4 Å². The largest absolute Gasteiger partial charge is 0.416 e. The lowest BCUT2D eigenvalue weighted by atomic mass is 10.1. The zero-order valence-corrected chi connectivity index (χ0v) is 18.1. The Hall–Kier alpha value is -1.84. The standard InChI is InChI=1S/C21H34F3N5O/c1-4-25-20(26-10-12-28(2)13-14-30-3)27-19-9-11-29(16-19)15-17-5-7-18(8-6-17)21(22,23)24/h5-8,19H,4,9-16H2,1-3H3,(H2,25,26,27). The number of ether oxygens (including phenoxy) is 1. The van der Waals surface area contributed by atoms with Crippen molar-refractivity contribution in [2.75, 3.05) is 60.0 Å². The zero-order valence-electron chi connectivity index (χ0n) is 18.1. The van der Waals surface area contributed by atoms with Crippen molar-refractivity contribution < 1.29 is 17.9 Å². The molecule has 1 unspecified atom stereocenters. The Morgan fingerprint density at radius 1 is 1.27 bits per heavy atom. The third-order valence-electron chi connectivity index (χ3n) is 5.07. The van der Waals surface area contributed by atoms with Crippen LogP contribution < -0.4 is 10.6 Å². The number of hydrogen-bond donors (Lipinski definition) is 2. The lowest BCUT2D eigenvalue weighted by molar-refractivity contribution is -0.137. The molecule has 170 valence electrons. The summed E-state index contributed by atoms with van der Waals surface area (Å²) in [6.45, 7) is 8.32. The minimum absolute atomic E-state index is 0.267. The van der Waals surface area contributed by atoms with Gasteiger partial charge in [0.05, 0.1) is 18.7 Å². The minimum Gasteiger partial charge on any atom is -0.383 e. The number of benzene rings is 1. The highest BCUT2D eigenvalue weighted by atomic mass is 19.4. The third kappa shape index (κ3) is 8.49. The maximum Gasteiger partial charge on any atom is 0.416 e. The van der Waals surface area contributed by atoms with E-state index < -0.39 is 11.7 Å². The van der Waals surface area contributed by atoms with Gasteiger partial charge >= 0.3 is 6.18 Å². The van der Waals surface area contributed by atoms with Crippen molar-refractivity contribution in [3.05, 3.63) is 35.4 Å². The zero-order chi connectivity index (χ0) is 22.0. The molecule has 1 atom stereocenters. The second-order valence-electron chi connectivity index (χ2n) is 7.62. The van der Waals surface area contributed by atoms with Gasteiger partial charge in [-0.25, -0.2) is 0 Å². The Morgan fingerprint density at radius 2 is 2.00 bits per heavy atom. The van der Waals surface area contributed by atoms with Crippen LogP contribution in [0.3, 0.4) is 0 Å². The molecule has 0 amide bonds. The fourth-order valence-electron chi connectivity index (χ4n) is 3.36. The first-order chi connectivity index (χ1) is 14.3. The Balaban J connectivity index is 1.80. The number of alkyl halides is 3. The Bertz CT molecular complexity index is 651. The molecule has 1 heterocycles. The van der Waals surface area contributed by atoms with Crippen molar-refractivity contribution in [3.63, 3.8) is 0 Å². The SMILES string of the molecule is CCNC(=NCCN(C)CCOC)NC1CCN(Cc2ccc(C(F)(F)F)cc2)C1. The Labute approximate surface area is 177 Å². The third-order valence-corrected chi connectivity index (χ3v) is 5.07. The molecule has 30 heavy (non-hydrogen) atoms. The van der Waals surface area contributed by atoms with Gasteiger partial charge < -0.3 is 20.3 Å². The molecule has 0 saturated carbocycles. The van der Waals surface area contributed by atoms with Crippen LogP contribution in [0.2, 0.25) is 0 Å². The number of likely N-dealkylation sites (tertiary alicyclic amines) is 1. The number of guanidine groups is 1. The molecule has 1 aromatic carbocycles. The summed E-state index contributed by atoms with van der Waals surface area (Å²) in [5.74, 6) is 0.805. The van der Waals surface area contributed by atoms with Crippen molar-refractivity contribution in [2.45, 2.75) is 32.1 Å². The Morgan fingerprint density at radius 3 is 2.63 bits per heavy atom. The van der Waals surface area contributed by atoms with Gasteiger partial charge in [0.1, 0.15) is 0 Å². The van der Waals surface area contributed by atoms with Crippen LogP contribution in [-0.4, -0.2) is 81.8 Å². The van der Waals surface area contributed by atoms with Gasteiger partial charge in [-0.05, 0) is 38.1 Å². The number of methoxy groups -OCH3 is 1. The molecule has 0 bridgehead atoms. The molecule has 1 aromatic rings. The van der Waals surface area contributed by atoms with Crippen LogP contribution in [0.1, 0.15) is 24.5 Å². The number of aliphatic imine (C=N–C) groups is 1. The smallest absolute Gasteiger partial charge is 0.383 e. The predicted molar refractivity (Wildman–Crippen MR) is 114 cm³/mol. The van der Waals surface area contributed by atoms with Gasteiger partial charge in [-0.15, -0.1) is 0 Å². The van der Waals surface area contributed by atoms with E-state index >= 15 is 0 Å². The number of likely N-dealkylation sites (N-methyl/N-ethyl adjacent to an activating group) is 1. The number of halogens is 3. The normalized spacial score (nSPS) is 18.2. The molecule has 0 aromatic heterocycles. The van der Waals surface area contributed by atoms with Crippen LogP contribution >= 0.6 is 0 Å². The van der Waals surface area contributed by atoms with Gasteiger partial charge in [0.2, 0.25) is 0 Å². The molecule has 1 aliphatic rings. The molecule has 2 rings (SSSR count). The Kier molecular flexibility index (Phi) is 9.87. The molecule has 1 aliphatic heterocycles.